The molecule has 88 valence electrons. The average molecular weight is 257 g/mol. The Kier molecular flexibility index (Phi) is 5.55. The molecule has 5 heteroatoms. The lowest BCUT2D eigenvalue weighted by Gasteiger charge is -2.05. The van der Waals surface area contributed by atoms with Crippen LogP contribution in [0.5, 0.6) is 0 Å². The molecular weight excluding hydrogens is 242 g/mol. The summed E-state index contributed by atoms with van der Waals surface area (Å²) in [7, 11) is 2.00. The van der Waals surface area contributed by atoms with Crippen molar-refractivity contribution >= 4 is 35.6 Å². The van der Waals surface area contributed by atoms with E-state index in [0.29, 0.717) is 5.94 Å². The number of ether oxygens (including phenoxy) is 1. The van der Waals surface area contributed by atoms with Crippen molar-refractivity contribution in [1.29, 1.82) is 0 Å². The van der Waals surface area contributed by atoms with E-state index in [2.05, 4.69) is 6.08 Å². The topological polar surface area (TPSA) is 31.2 Å². The molecule has 0 spiro atoms. The number of aromatic nitrogens is 1. The Bertz CT molecular complexity index is 385. The molecule has 1 rings (SSSR count). The molecule has 0 bridgehead atoms. The van der Waals surface area contributed by atoms with Gasteiger partial charge < -0.3 is 9.30 Å². The normalized spacial score (nSPS) is 11.6. The van der Waals surface area contributed by atoms with E-state index in [1.54, 1.807) is 11.8 Å². The minimum absolute atomic E-state index is 0.244. The van der Waals surface area contributed by atoms with Crippen LogP contribution in [-0.2, 0) is 16.6 Å². The van der Waals surface area contributed by atoms with Crippen molar-refractivity contribution in [2.45, 2.75) is 6.92 Å². The van der Waals surface area contributed by atoms with E-state index in [1.807, 2.05) is 36.2 Å². The van der Waals surface area contributed by atoms with Crippen molar-refractivity contribution < 1.29 is 9.53 Å². The summed E-state index contributed by atoms with van der Waals surface area (Å²) in [6.07, 6.45) is 6.09. The largest absolute Gasteiger partial charge is 0.454 e. The Hall–Kier alpha value is -0.810. The highest BCUT2D eigenvalue weighted by Crippen LogP contribution is 2.28. The van der Waals surface area contributed by atoms with Crippen molar-refractivity contribution in [3.63, 3.8) is 0 Å². The fraction of sp³-hybridized carbons (Fsp3) is 0.364. The molecule has 16 heavy (non-hydrogen) atoms. The van der Waals surface area contributed by atoms with Crippen LogP contribution < -0.4 is 0 Å². The minimum Gasteiger partial charge on any atom is -0.454 e. The molecule has 0 radical (unpaired) electrons. The molecule has 0 aliphatic heterocycles. The SMILES string of the molecule is CS/C(=C\c1cccn1C)SCOC(C)=O. The zero-order valence-corrected chi connectivity index (χ0v) is 11.2. The monoisotopic (exact) mass is 257 g/mol. The van der Waals surface area contributed by atoms with Crippen LogP contribution in [0.15, 0.2) is 22.6 Å². The molecule has 0 amide bonds. The molecule has 0 saturated carbocycles. The van der Waals surface area contributed by atoms with E-state index in [1.165, 1.54) is 18.7 Å². The first-order valence-corrected chi connectivity index (χ1v) is 6.97. The third kappa shape index (κ3) is 4.37. The van der Waals surface area contributed by atoms with Crippen LogP contribution in [0.3, 0.4) is 0 Å². The Labute approximate surface area is 104 Å². The van der Waals surface area contributed by atoms with Crippen molar-refractivity contribution in [2.24, 2.45) is 7.05 Å². The minimum atomic E-state index is -0.244. The number of carbonyl (C=O) groups is 1. The lowest BCUT2D eigenvalue weighted by Crippen LogP contribution is -1.97. The summed E-state index contributed by atoms with van der Waals surface area (Å²) in [6, 6.07) is 4.04. The molecular formula is C11H15NO2S2. The maximum Gasteiger partial charge on any atom is 0.303 e. The molecule has 0 aromatic carbocycles. The second kappa shape index (κ2) is 6.70. The van der Waals surface area contributed by atoms with Crippen LogP contribution in [0.4, 0.5) is 0 Å². The third-order valence-electron chi connectivity index (χ3n) is 1.91. The lowest BCUT2D eigenvalue weighted by molar-refractivity contribution is -0.138. The Morgan fingerprint density at radius 2 is 2.38 bits per heavy atom. The van der Waals surface area contributed by atoms with Crippen LogP contribution >= 0.6 is 23.5 Å². The predicted molar refractivity (Wildman–Crippen MR) is 71.1 cm³/mol. The Morgan fingerprint density at radius 1 is 1.62 bits per heavy atom. The molecule has 0 aliphatic carbocycles. The van der Waals surface area contributed by atoms with E-state index in [9.17, 15) is 4.79 Å². The smallest absolute Gasteiger partial charge is 0.303 e. The van der Waals surface area contributed by atoms with Gasteiger partial charge in [0.2, 0.25) is 0 Å². The molecule has 0 unspecified atom stereocenters. The highest BCUT2D eigenvalue weighted by atomic mass is 32.2. The number of hydrogen-bond acceptors (Lipinski definition) is 4. The lowest BCUT2D eigenvalue weighted by atomic mass is 10.4. The summed E-state index contributed by atoms with van der Waals surface area (Å²) in [5, 5.41) is 0. The average Bonchev–Trinajstić information content (AvgIpc) is 2.62. The summed E-state index contributed by atoms with van der Waals surface area (Å²) < 4.78 is 8.06. The molecule has 1 aromatic rings. The first kappa shape index (κ1) is 13.3. The van der Waals surface area contributed by atoms with Crippen molar-refractivity contribution in [3.05, 3.63) is 28.3 Å². The van der Waals surface area contributed by atoms with Gasteiger partial charge in [-0.25, -0.2) is 0 Å². The van der Waals surface area contributed by atoms with Crippen LogP contribution in [-0.4, -0.2) is 22.7 Å². The van der Waals surface area contributed by atoms with E-state index in [-0.39, 0.29) is 5.97 Å². The number of rotatable bonds is 5. The third-order valence-corrected chi connectivity index (χ3v) is 3.93. The number of esters is 1. The van der Waals surface area contributed by atoms with Crippen LogP contribution in [0.1, 0.15) is 12.6 Å². The molecule has 0 saturated heterocycles. The molecule has 1 heterocycles. The van der Waals surface area contributed by atoms with Gasteiger partial charge >= 0.3 is 5.97 Å². The van der Waals surface area contributed by atoms with Crippen LogP contribution in [0.2, 0.25) is 0 Å². The van der Waals surface area contributed by atoms with Gasteiger partial charge in [-0.3, -0.25) is 4.79 Å². The van der Waals surface area contributed by atoms with Crippen LogP contribution in [0.25, 0.3) is 6.08 Å². The van der Waals surface area contributed by atoms with Gasteiger partial charge in [-0.15, -0.1) is 11.8 Å². The van der Waals surface area contributed by atoms with Gasteiger partial charge in [0.25, 0.3) is 0 Å². The number of aryl methyl sites for hydroxylation is 1. The first-order chi connectivity index (χ1) is 7.63. The number of thioether (sulfide) groups is 2. The quantitative estimate of drug-likeness (QED) is 0.599. The first-order valence-electron chi connectivity index (χ1n) is 4.76. The van der Waals surface area contributed by atoms with E-state index < -0.39 is 0 Å². The number of carbonyl (C=O) groups excluding carboxylic acids is 1. The second-order valence-corrected chi connectivity index (χ2v) is 5.18. The molecule has 1 aromatic heterocycles. The summed E-state index contributed by atoms with van der Waals surface area (Å²) in [4.78, 5) is 10.6. The molecule has 0 fully saturated rings. The van der Waals surface area contributed by atoms with E-state index >= 15 is 0 Å². The summed E-state index contributed by atoms with van der Waals surface area (Å²) in [5.41, 5.74) is 1.14. The van der Waals surface area contributed by atoms with Crippen molar-refractivity contribution in [1.82, 2.24) is 4.57 Å². The van der Waals surface area contributed by atoms with Gasteiger partial charge in [0, 0.05) is 30.1 Å². The van der Waals surface area contributed by atoms with Gasteiger partial charge in [0.1, 0.15) is 5.94 Å². The number of nitrogens with zero attached hydrogens (tertiary/aromatic N) is 1. The standard InChI is InChI=1S/C11H15NO2S2/c1-9(13)14-8-16-11(15-3)7-10-5-4-6-12(10)2/h4-7H,8H2,1-3H3/b11-7+. The summed E-state index contributed by atoms with van der Waals surface area (Å²) >= 11 is 3.17. The fourth-order valence-corrected chi connectivity index (χ4v) is 2.47. The molecule has 3 nitrogen and oxygen atoms in total. The predicted octanol–water partition coefficient (Wildman–Crippen LogP) is 2.94. The van der Waals surface area contributed by atoms with Gasteiger partial charge in [0.15, 0.2) is 0 Å². The van der Waals surface area contributed by atoms with E-state index in [4.69, 9.17) is 4.74 Å². The van der Waals surface area contributed by atoms with Gasteiger partial charge in [-0.05, 0) is 24.5 Å². The Morgan fingerprint density at radius 3 is 2.88 bits per heavy atom. The maximum atomic E-state index is 10.6. The molecule has 0 N–H and O–H groups in total. The zero-order chi connectivity index (χ0) is 12.0. The second-order valence-electron chi connectivity index (χ2n) is 3.11. The van der Waals surface area contributed by atoms with Gasteiger partial charge in [0.05, 0.1) is 0 Å². The highest BCUT2D eigenvalue weighted by Gasteiger charge is 2.01. The molecule has 0 aliphatic rings. The van der Waals surface area contributed by atoms with Crippen molar-refractivity contribution in [3.8, 4) is 0 Å². The zero-order valence-electron chi connectivity index (χ0n) is 9.60. The summed E-state index contributed by atoms with van der Waals surface area (Å²) in [6.45, 7) is 1.42. The maximum absolute atomic E-state index is 10.6. The molecule has 0 atom stereocenters. The van der Waals surface area contributed by atoms with Gasteiger partial charge in [-0.1, -0.05) is 11.8 Å². The van der Waals surface area contributed by atoms with Crippen molar-refractivity contribution in [2.75, 3.05) is 12.2 Å². The van der Waals surface area contributed by atoms with E-state index in [0.717, 1.165) is 9.93 Å². The summed E-state index contributed by atoms with van der Waals surface area (Å²) in [5.74, 6) is 0.124. The van der Waals surface area contributed by atoms with Crippen LogP contribution in [0, 0.1) is 0 Å². The Balaban J connectivity index is 2.57. The number of hydrogen-bond donors (Lipinski definition) is 0. The highest BCUT2D eigenvalue weighted by molar-refractivity contribution is 8.22. The fourth-order valence-electron chi connectivity index (χ4n) is 1.08. The van der Waals surface area contributed by atoms with Gasteiger partial charge in [-0.2, -0.15) is 0 Å².